The first-order valence-electron chi connectivity index (χ1n) is 6.35. The number of carbonyl (C=O) groups is 1. The lowest BCUT2D eigenvalue weighted by molar-refractivity contribution is -0.137. The Morgan fingerprint density at radius 1 is 1.39 bits per heavy atom. The van der Waals surface area contributed by atoms with Crippen molar-refractivity contribution in [2.24, 2.45) is 0 Å². The highest BCUT2D eigenvalue weighted by atomic mass is 16.5. The fourth-order valence-electron chi connectivity index (χ4n) is 1.84. The van der Waals surface area contributed by atoms with Crippen LogP contribution in [-0.4, -0.2) is 24.2 Å². The Morgan fingerprint density at radius 2 is 2.11 bits per heavy atom. The minimum Gasteiger partial charge on any atom is -0.494 e. The first-order chi connectivity index (χ1) is 8.69. The molecule has 0 radical (unpaired) electrons. The lowest BCUT2D eigenvalue weighted by Gasteiger charge is -2.20. The zero-order valence-electron chi connectivity index (χ0n) is 11.0. The molecule has 2 N–H and O–H groups in total. The predicted molar refractivity (Wildman–Crippen MR) is 70.9 cm³/mol. The number of rotatable bonds is 8. The highest BCUT2D eigenvalue weighted by Crippen LogP contribution is 2.27. The quantitative estimate of drug-likeness (QED) is 0.745. The molecule has 1 aromatic rings. The van der Waals surface area contributed by atoms with Crippen LogP contribution in [0.3, 0.4) is 0 Å². The van der Waals surface area contributed by atoms with Crippen molar-refractivity contribution < 1.29 is 14.6 Å². The van der Waals surface area contributed by atoms with Crippen molar-refractivity contribution in [2.45, 2.75) is 32.7 Å². The van der Waals surface area contributed by atoms with Gasteiger partial charge >= 0.3 is 5.97 Å². The van der Waals surface area contributed by atoms with Gasteiger partial charge in [-0.15, -0.1) is 0 Å². The van der Waals surface area contributed by atoms with E-state index < -0.39 is 5.97 Å². The smallest absolute Gasteiger partial charge is 0.305 e. The molecule has 1 unspecified atom stereocenters. The average Bonchev–Trinajstić information content (AvgIpc) is 2.35. The second-order valence-corrected chi connectivity index (χ2v) is 4.08. The molecule has 0 heterocycles. The van der Waals surface area contributed by atoms with Crippen LogP contribution in [-0.2, 0) is 4.79 Å². The van der Waals surface area contributed by atoms with Crippen molar-refractivity contribution in [3.05, 3.63) is 29.8 Å². The molecule has 1 aromatic carbocycles. The van der Waals surface area contributed by atoms with Crippen LogP contribution in [0, 0.1) is 0 Å². The van der Waals surface area contributed by atoms with Gasteiger partial charge < -0.3 is 15.2 Å². The molecule has 0 saturated heterocycles. The first kappa shape index (κ1) is 14.5. The van der Waals surface area contributed by atoms with Crippen LogP contribution in [0.4, 0.5) is 0 Å². The van der Waals surface area contributed by atoms with Crippen molar-refractivity contribution in [2.75, 3.05) is 13.2 Å². The Morgan fingerprint density at radius 3 is 2.72 bits per heavy atom. The summed E-state index contributed by atoms with van der Waals surface area (Å²) in [4.78, 5) is 10.9. The molecule has 100 valence electrons. The molecule has 0 bridgehead atoms. The van der Waals surface area contributed by atoms with E-state index in [2.05, 4.69) is 12.2 Å². The summed E-state index contributed by atoms with van der Waals surface area (Å²) in [5.41, 5.74) is 0.912. The summed E-state index contributed by atoms with van der Waals surface area (Å²) in [5, 5.41) is 12.2. The SMILES string of the molecule is CCCNC(CC(=O)O)c1ccccc1OCC. The third-order valence-corrected chi connectivity index (χ3v) is 2.61. The van der Waals surface area contributed by atoms with Gasteiger partial charge in [-0.2, -0.15) is 0 Å². The van der Waals surface area contributed by atoms with Gasteiger partial charge in [0.15, 0.2) is 0 Å². The van der Waals surface area contributed by atoms with Crippen LogP contribution in [0.5, 0.6) is 5.75 Å². The molecule has 18 heavy (non-hydrogen) atoms. The van der Waals surface area contributed by atoms with Gasteiger partial charge in [0.25, 0.3) is 0 Å². The summed E-state index contributed by atoms with van der Waals surface area (Å²) >= 11 is 0. The molecule has 1 rings (SSSR count). The molecule has 0 aliphatic heterocycles. The maximum Gasteiger partial charge on any atom is 0.305 e. The van der Waals surface area contributed by atoms with Crippen LogP contribution in [0.25, 0.3) is 0 Å². The van der Waals surface area contributed by atoms with Gasteiger partial charge in [0.1, 0.15) is 5.75 Å². The van der Waals surface area contributed by atoms with Crippen LogP contribution in [0.15, 0.2) is 24.3 Å². The zero-order valence-corrected chi connectivity index (χ0v) is 11.0. The Bertz CT molecular complexity index is 379. The van der Waals surface area contributed by atoms with E-state index in [0.29, 0.717) is 6.61 Å². The fraction of sp³-hybridized carbons (Fsp3) is 0.500. The van der Waals surface area contributed by atoms with E-state index in [1.54, 1.807) is 0 Å². The van der Waals surface area contributed by atoms with Crippen molar-refractivity contribution in [3.8, 4) is 5.75 Å². The van der Waals surface area contributed by atoms with E-state index in [1.807, 2.05) is 31.2 Å². The number of carboxylic acids is 1. The van der Waals surface area contributed by atoms with Crippen LogP contribution < -0.4 is 10.1 Å². The highest BCUT2D eigenvalue weighted by molar-refractivity contribution is 5.68. The number of hydrogen-bond acceptors (Lipinski definition) is 3. The summed E-state index contributed by atoms with van der Waals surface area (Å²) in [6.45, 7) is 5.34. The molecular formula is C14H21NO3. The minimum absolute atomic E-state index is 0.0596. The van der Waals surface area contributed by atoms with Gasteiger partial charge in [-0.1, -0.05) is 25.1 Å². The summed E-state index contributed by atoms with van der Waals surface area (Å²) in [6, 6.07) is 7.39. The molecular weight excluding hydrogens is 230 g/mol. The van der Waals surface area contributed by atoms with Crippen molar-refractivity contribution in [3.63, 3.8) is 0 Å². The van der Waals surface area contributed by atoms with Gasteiger partial charge in [0.05, 0.1) is 13.0 Å². The minimum atomic E-state index is -0.810. The standard InChI is InChI=1S/C14H21NO3/c1-3-9-15-12(10-14(16)17)11-7-5-6-8-13(11)18-4-2/h5-8,12,15H,3-4,9-10H2,1-2H3,(H,16,17). The lowest BCUT2D eigenvalue weighted by atomic mass is 10.0. The number of ether oxygens (including phenoxy) is 1. The normalized spacial score (nSPS) is 12.1. The van der Waals surface area contributed by atoms with Crippen molar-refractivity contribution >= 4 is 5.97 Å². The largest absolute Gasteiger partial charge is 0.494 e. The van der Waals surface area contributed by atoms with E-state index in [-0.39, 0.29) is 12.5 Å². The fourth-order valence-corrected chi connectivity index (χ4v) is 1.84. The van der Waals surface area contributed by atoms with Gasteiger partial charge in [0, 0.05) is 11.6 Å². The highest BCUT2D eigenvalue weighted by Gasteiger charge is 2.18. The maximum atomic E-state index is 10.9. The molecule has 4 heteroatoms. The van der Waals surface area contributed by atoms with E-state index >= 15 is 0 Å². The molecule has 0 aliphatic rings. The van der Waals surface area contributed by atoms with Gasteiger partial charge in [-0.05, 0) is 26.0 Å². The molecule has 0 spiro atoms. The topological polar surface area (TPSA) is 58.6 Å². The van der Waals surface area contributed by atoms with Gasteiger partial charge in [-0.3, -0.25) is 4.79 Å². The van der Waals surface area contributed by atoms with Crippen LogP contribution in [0.1, 0.15) is 38.3 Å². The van der Waals surface area contributed by atoms with Gasteiger partial charge in [0.2, 0.25) is 0 Å². The van der Waals surface area contributed by atoms with E-state index in [1.165, 1.54) is 0 Å². The molecule has 0 aliphatic carbocycles. The number of benzene rings is 1. The van der Waals surface area contributed by atoms with Crippen LogP contribution in [0.2, 0.25) is 0 Å². The van der Waals surface area contributed by atoms with Crippen molar-refractivity contribution in [1.82, 2.24) is 5.32 Å². The number of carboxylic acid groups (broad SMARTS) is 1. The summed E-state index contributed by atoms with van der Waals surface area (Å²) in [6.07, 6.45) is 1.02. The zero-order chi connectivity index (χ0) is 13.4. The first-order valence-corrected chi connectivity index (χ1v) is 6.35. The molecule has 0 aromatic heterocycles. The number of hydrogen-bond donors (Lipinski definition) is 2. The van der Waals surface area contributed by atoms with E-state index in [0.717, 1.165) is 24.3 Å². The average molecular weight is 251 g/mol. The molecule has 0 amide bonds. The molecule has 0 saturated carbocycles. The Balaban J connectivity index is 2.91. The molecule has 1 atom stereocenters. The van der Waals surface area contributed by atoms with E-state index in [9.17, 15) is 4.79 Å². The number of para-hydroxylation sites is 1. The van der Waals surface area contributed by atoms with E-state index in [4.69, 9.17) is 9.84 Å². The molecule has 0 fully saturated rings. The summed E-state index contributed by atoms with van der Waals surface area (Å²) < 4.78 is 5.55. The monoisotopic (exact) mass is 251 g/mol. The Labute approximate surface area is 108 Å². The number of nitrogens with one attached hydrogen (secondary N) is 1. The second-order valence-electron chi connectivity index (χ2n) is 4.08. The third-order valence-electron chi connectivity index (χ3n) is 2.61. The Kier molecular flexibility index (Phi) is 6.22. The maximum absolute atomic E-state index is 10.9. The number of aliphatic carboxylic acids is 1. The van der Waals surface area contributed by atoms with Gasteiger partial charge in [-0.25, -0.2) is 0 Å². The van der Waals surface area contributed by atoms with Crippen molar-refractivity contribution in [1.29, 1.82) is 0 Å². The lowest BCUT2D eigenvalue weighted by Crippen LogP contribution is -2.25. The predicted octanol–water partition coefficient (Wildman–Crippen LogP) is 2.60. The third kappa shape index (κ3) is 4.37. The van der Waals surface area contributed by atoms with Crippen LogP contribution >= 0.6 is 0 Å². The summed E-state index contributed by atoms with van der Waals surface area (Å²) in [7, 11) is 0. The second kappa shape index (κ2) is 7.71. The Hall–Kier alpha value is -1.55. The molecule has 4 nitrogen and oxygen atoms in total. The summed E-state index contributed by atoms with van der Waals surface area (Å²) in [5.74, 6) is -0.0512.